The van der Waals surface area contributed by atoms with Gasteiger partial charge in [-0.3, -0.25) is 5.32 Å². The highest BCUT2D eigenvalue weighted by atomic mass is 16.5. The highest BCUT2D eigenvalue weighted by Gasteiger charge is 2.59. The van der Waals surface area contributed by atoms with E-state index >= 15 is 0 Å². The molecule has 1 saturated carbocycles. The highest BCUT2D eigenvalue weighted by molar-refractivity contribution is 5.14. The maximum absolute atomic E-state index is 9.12. The second kappa shape index (κ2) is 1.97. The second-order valence-electron chi connectivity index (χ2n) is 4.19. The number of aliphatic hydroxyl groups is 1. The molecule has 3 heteroatoms. The van der Waals surface area contributed by atoms with Crippen LogP contribution in [-0.4, -0.2) is 29.1 Å². The minimum absolute atomic E-state index is 0.100. The third kappa shape index (κ3) is 1.08. The second-order valence-corrected chi connectivity index (χ2v) is 4.19. The predicted molar refractivity (Wildman–Crippen MR) is 41.1 cm³/mol. The Morgan fingerprint density at radius 3 is 2.55 bits per heavy atom. The topological polar surface area (TPSA) is 41.5 Å². The quantitative estimate of drug-likeness (QED) is 0.564. The van der Waals surface area contributed by atoms with Crippen molar-refractivity contribution in [3.05, 3.63) is 0 Å². The van der Waals surface area contributed by atoms with E-state index in [1.807, 2.05) is 0 Å². The van der Waals surface area contributed by atoms with Crippen LogP contribution in [-0.2, 0) is 4.74 Å². The van der Waals surface area contributed by atoms with Gasteiger partial charge >= 0.3 is 0 Å². The van der Waals surface area contributed by atoms with Gasteiger partial charge in [-0.05, 0) is 26.7 Å². The van der Waals surface area contributed by atoms with Gasteiger partial charge in [0.1, 0.15) is 6.23 Å². The summed E-state index contributed by atoms with van der Waals surface area (Å²) < 4.78 is 5.54. The van der Waals surface area contributed by atoms with Gasteiger partial charge in [-0.2, -0.15) is 0 Å². The number of fused-ring (bicyclic) bond motifs is 1. The van der Waals surface area contributed by atoms with E-state index in [0.29, 0.717) is 0 Å². The molecule has 0 amide bonds. The summed E-state index contributed by atoms with van der Waals surface area (Å²) in [5.74, 6) is 0. The van der Waals surface area contributed by atoms with Gasteiger partial charge in [0, 0.05) is 5.54 Å². The van der Waals surface area contributed by atoms with Crippen LogP contribution in [0.1, 0.15) is 26.7 Å². The molecule has 0 aromatic carbocycles. The third-order valence-electron chi connectivity index (χ3n) is 2.64. The fraction of sp³-hybridized carbons (Fsp3) is 1.00. The van der Waals surface area contributed by atoms with Gasteiger partial charge in [0.05, 0.1) is 12.2 Å². The average molecular weight is 157 g/mol. The molecule has 1 aliphatic carbocycles. The van der Waals surface area contributed by atoms with E-state index < -0.39 is 6.23 Å². The zero-order chi connectivity index (χ0) is 8.11. The molecule has 3 nitrogen and oxygen atoms in total. The van der Waals surface area contributed by atoms with Crippen LogP contribution in [0.2, 0.25) is 0 Å². The van der Waals surface area contributed by atoms with Crippen LogP contribution in [0.4, 0.5) is 0 Å². The van der Waals surface area contributed by atoms with Crippen LogP contribution in [0.15, 0.2) is 0 Å². The number of hydrogen-bond donors (Lipinski definition) is 2. The minimum atomic E-state index is -0.416. The van der Waals surface area contributed by atoms with Gasteiger partial charge in [-0.25, -0.2) is 0 Å². The number of nitrogens with one attached hydrogen (secondary N) is 1. The van der Waals surface area contributed by atoms with E-state index in [4.69, 9.17) is 9.84 Å². The Labute approximate surface area is 66.7 Å². The summed E-state index contributed by atoms with van der Waals surface area (Å²) >= 11 is 0. The van der Waals surface area contributed by atoms with Crippen molar-refractivity contribution in [2.45, 2.75) is 44.1 Å². The summed E-state index contributed by atoms with van der Waals surface area (Å²) in [7, 11) is 0. The molecule has 64 valence electrons. The van der Waals surface area contributed by atoms with Crippen molar-refractivity contribution in [1.29, 1.82) is 0 Å². The van der Waals surface area contributed by atoms with Crippen molar-refractivity contribution >= 4 is 0 Å². The lowest BCUT2D eigenvalue weighted by atomic mass is 9.69. The first-order valence-electron chi connectivity index (χ1n) is 4.13. The van der Waals surface area contributed by atoms with Gasteiger partial charge in [0.2, 0.25) is 0 Å². The van der Waals surface area contributed by atoms with Gasteiger partial charge in [-0.1, -0.05) is 0 Å². The normalized spacial score (nSPS) is 50.5. The van der Waals surface area contributed by atoms with Crippen molar-refractivity contribution in [2.24, 2.45) is 0 Å². The number of ether oxygens (including phenoxy) is 1. The van der Waals surface area contributed by atoms with E-state index in [0.717, 1.165) is 19.4 Å². The summed E-state index contributed by atoms with van der Waals surface area (Å²) in [4.78, 5) is 0. The summed E-state index contributed by atoms with van der Waals surface area (Å²) in [6.45, 7) is 4.64. The maximum Gasteiger partial charge on any atom is 0.102 e. The van der Waals surface area contributed by atoms with E-state index in [1.54, 1.807) is 6.92 Å². The standard InChI is InChI=1S/C8H15NO2/c1-6(10)9-8-3-7(2,4-8)11-5-8/h6,9-10H,3-5H2,1-2H3. The average Bonchev–Trinajstić information content (AvgIpc) is 2.17. The highest BCUT2D eigenvalue weighted by Crippen LogP contribution is 2.51. The zero-order valence-corrected chi connectivity index (χ0v) is 7.05. The molecule has 3 aliphatic rings. The van der Waals surface area contributed by atoms with E-state index in [2.05, 4.69) is 12.2 Å². The fourth-order valence-electron chi connectivity index (χ4n) is 2.48. The Morgan fingerprint density at radius 2 is 2.18 bits per heavy atom. The molecular formula is C8H15NO2. The lowest BCUT2D eigenvalue weighted by Gasteiger charge is -2.43. The van der Waals surface area contributed by atoms with Crippen molar-refractivity contribution in [1.82, 2.24) is 5.32 Å². The fourth-order valence-corrected chi connectivity index (χ4v) is 2.48. The molecule has 11 heavy (non-hydrogen) atoms. The van der Waals surface area contributed by atoms with Gasteiger partial charge in [0.25, 0.3) is 0 Å². The van der Waals surface area contributed by atoms with Crippen LogP contribution in [0.5, 0.6) is 0 Å². The zero-order valence-electron chi connectivity index (χ0n) is 7.05. The van der Waals surface area contributed by atoms with E-state index in [-0.39, 0.29) is 11.1 Å². The Bertz CT molecular complexity index is 173. The van der Waals surface area contributed by atoms with Gasteiger partial charge in [-0.15, -0.1) is 0 Å². The molecule has 2 aliphatic heterocycles. The summed E-state index contributed by atoms with van der Waals surface area (Å²) in [5.41, 5.74) is 0.213. The molecule has 1 atom stereocenters. The molecular weight excluding hydrogens is 142 g/mol. The van der Waals surface area contributed by atoms with Crippen molar-refractivity contribution < 1.29 is 9.84 Å². The number of aliphatic hydroxyl groups excluding tert-OH is 1. The molecule has 3 rings (SSSR count). The molecule has 0 aromatic heterocycles. The third-order valence-corrected chi connectivity index (χ3v) is 2.64. The van der Waals surface area contributed by atoms with Crippen LogP contribution < -0.4 is 5.32 Å². The van der Waals surface area contributed by atoms with Crippen molar-refractivity contribution in [2.75, 3.05) is 6.61 Å². The van der Waals surface area contributed by atoms with Gasteiger partial charge in [0.15, 0.2) is 0 Å². The van der Waals surface area contributed by atoms with Crippen LogP contribution in [0, 0.1) is 0 Å². The first-order chi connectivity index (χ1) is 5.04. The molecule has 0 aromatic rings. The molecule has 0 radical (unpaired) electrons. The Balaban J connectivity index is 1.97. The summed E-state index contributed by atoms with van der Waals surface area (Å²) in [5, 5.41) is 12.3. The van der Waals surface area contributed by atoms with Crippen molar-refractivity contribution in [3.63, 3.8) is 0 Å². The first-order valence-corrected chi connectivity index (χ1v) is 4.13. The van der Waals surface area contributed by atoms with E-state index in [1.165, 1.54) is 0 Å². The van der Waals surface area contributed by atoms with Crippen LogP contribution in [0.25, 0.3) is 0 Å². The SMILES string of the molecule is CC(O)NC12COC(C)(C1)C2. The predicted octanol–water partition coefficient (Wildman–Crippen LogP) is 0.236. The van der Waals surface area contributed by atoms with Crippen LogP contribution >= 0.6 is 0 Å². The Hall–Kier alpha value is -0.120. The maximum atomic E-state index is 9.12. The molecule has 3 fully saturated rings. The molecule has 0 spiro atoms. The molecule has 2 bridgehead atoms. The first kappa shape index (κ1) is 7.53. The molecule has 2 heterocycles. The minimum Gasteiger partial charge on any atom is -0.379 e. The van der Waals surface area contributed by atoms with Crippen molar-refractivity contribution in [3.8, 4) is 0 Å². The lowest BCUT2D eigenvalue weighted by Crippen LogP contribution is -2.59. The Kier molecular flexibility index (Phi) is 1.35. The molecule has 1 unspecified atom stereocenters. The smallest absolute Gasteiger partial charge is 0.102 e. The Morgan fingerprint density at radius 1 is 1.55 bits per heavy atom. The summed E-state index contributed by atoms with van der Waals surface area (Å²) in [6.07, 6.45) is 1.68. The number of hydrogen-bond acceptors (Lipinski definition) is 3. The van der Waals surface area contributed by atoms with E-state index in [9.17, 15) is 0 Å². The monoisotopic (exact) mass is 157 g/mol. The molecule has 2 saturated heterocycles. The number of rotatable bonds is 2. The lowest BCUT2D eigenvalue weighted by molar-refractivity contribution is 0.00219. The van der Waals surface area contributed by atoms with Gasteiger partial charge < -0.3 is 9.84 Å². The van der Waals surface area contributed by atoms with Crippen LogP contribution in [0.3, 0.4) is 0 Å². The summed E-state index contributed by atoms with van der Waals surface area (Å²) in [6, 6.07) is 0. The largest absolute Gasteiger partial charge is 0.379 e. The molecule has 2 N–H and O–H groups in total.